The second-order valence-electron chi connectivity index (χ2n) is 8.10. The van der Waals surface area contributed by atoms with Gasteiger partial charge in [0.15, 0.2) is 0 Å². The van der Waals surface area contributed by atoms with Crippen molar-refractivity contribution in [1.29, 1.82) is 0 Å². The highest BCUT2D eigenvalue weighted by molar-refractivity contribution is 5.42. The normalized spacial score (nSPS) is 16.1. The molecule has 0 spiro atoms. The van der Waals surface area contributed by atoms with Crippen LogP contribution in [0.5, 0.6) is 0 Å². The van der Waals surface area contributed by atoms with Crippen LogP contribution in [0.15, 0.2) is 30.3 Å². The van der Waals surface area contributed by atoms with Crippen molar-refractivity contribution >= 4 is 6.41 Å². The summed E-state index contributed by atoms with van der Waals surface area (Å²) in [6.07, 6.45) is 18.8. The minimum Gasteiger partial charge on any atom is -0.372 e. The molecule has 1 aliphatic carbocycles. The van der Waals surface area contributed by atoms with Crippen molar-refractivity contribution in [3.8, 4) is 12.3 Å². The number of nitrogens with two attached hydrogens (primary N) is 1. The molecule has 1 aromatic rings. The topological polar surface area (TPSA) is 43.1 Å². The number of benzene rings is 1. The summed E-state index contributed by atoms with van der Waals surface area (Å²) in [6, 6.07) is 10.5. The number of terminal acetylenes is 1. The van der Waals surface area contributed by atoms with E-state index in [2.05, 4.69) is 70.5 Å². The van der Waals surface area contributed by atoms with Crippen molar-refractivity contribution in [3.05, 3.63) is 35.9 Å². The molecule has 1 aromatic carbocycles. The Morgan fingerprint density at radius 3 is 1.87 bits per heavy atom. The monoisotopic (exact) mass is 431 g/mol. The van der Waals surface area contributed by atoms with Crippen molar-refractivity contribution < 1.29 is 4.79 Å². The first-order valence-electron chi connectivity index (χ1n) is 12.6. The summed E-state index contributed by atoms with van der Waals surface area (Å²) in [5.74, 6) is 5.44. The number of aryl methyl sites for hydroxylation is 1. The molecular weight excluding hydrogens is 378 g/mol. The molecule has 3 unspecified atom stereocenters. The van der Waals surface area contributed by atoms with Crippen molar-refractivity contribution in [2.45, 2.75) is 113 Å². The van der Waals surface area contributed by atoms with Crippen LogP contribution in [-0.4, -0.2) is 6.41 Å². The quantitative estimate of drug-likeness (QED) is 0.238. The molecule has 2 heteroatoms. The van der Waals surface area contributed by atoms with E-state index in [1.807, 2.05) is 19.9 Å². The lowest BCUT2D eigenvalue weighted by Gasteiger charge is -2.09. The molecule has 1 aliphatic rings. The number of primary amides is 1. The lowest BCUT2D eigenvalue weighted by molar-refractivity contribution is -0.106. The number of carbonyl (C=O) groups is 1. The summed E-state index contributed by atoms with van der Waals surface area (Å²) >= 11 is 0. The van der Waals surface area contributed by atoms with E-state index in [9.17, 15) is 0 Å². The molecule has 0 bridgehead atoms. The van der Waals surface area contributed by atoms with Gasteiger partial charge in [0.05, 0.1) is 0 Å². The molecule has 0 aromatic heterocycles. The van der Waals surface area contributed by atoms with E-state index in [0.717, 1.165) is 30.6 Å². The summed E-state index contributed by atoms with van der Waals surface area (Å²) in [4.78, 5) is 8.58. The minimum absolute atomic E-state index is 0.250. The van der Waals surface area contributed by atoms with Gasteiger partial charge in [0.2, 0.25) is 6.41 Å². The maximum Gasteiger partial charge on any atom is 0.204 e. The number of unbranched alkanes of at least 4 members (excludes halogenated alkanes) is 3. The Labute approximate surface area is 195 Å². The van der Waals surface area contributed by atoms with Crippen molar-refractivity contribution in [2.24, 2.45) is 23.5 Å². The first-order valence-corrected chi connectivity index (χ1v) is 12.6. The Bertz CT molecular complexity index is 491. The van der Waals surface area contributed by atoms with Gasteiger partial charge in [-0.3, -0.25) is 4.79 Å². The first-order chi connectivity index (χ1) is 15.0. The highest BCUT2D eigenvalue weighted by Gasteiger charge is 2.30. The zero-order valence-electron chi connectivity index (χ0n) is 21.8. The molecule has 2 rings (SSSR count). The van der Waals surface area contributed by atoms with Gasteiger partial charge in [0.25, 0.3) is 0 Å². The highest BCUT2D eigenvalue weighted by atomic mass is 16.1. The van der Waals surface area contributed by atoms with E-state index in [1.165, 1.54) is 56.9 Å². The SMILES string of the molecule is C#CCC1CC1C.CC.CCCCCC(C)CCCC.CCc1ccccc1.NC=O. The number of carbonyl (C=O) groups excluding carboxylic acids is 1. The lowest BCUT2D eigenvalue weighted by atomic mass is 9.98. The number of hydrogen-bond acceptors (Lipinski definition) is 1. The fourth-order valence-corrected chi connectivity index (χ4v) is 2.99. The van der Waals surface area contributed by atoms with Gasteiger partial charge in [0, 0.05) is 6.42 Å². The molecular formula is C29H53NO. The predicted octanol–water partition coefficient (Wildman–Crippen LogP) is 8.44. The Hall–Kier alpha value is -1.75. The Morgan fingerprint density at radius 2 is 1.55 bits per heavy atom. The summed E-state index contributed by atoms with van der Waals surface area (Å²) in [5.41, 5.74) is 5.58. The second kappa shape index (κ2) is 28.2. The third kappa shape index (κ3) is 28.2. The largest absolute Gasteiger partial charge is 0.372 e. The van der Waals surface area contributed by atoms with E-state index in [1.54, 1.807) is 0 Å². The van der Waals surface area contributed by atoms with Gasteiger partial charge < -0.3 is 5.73 Å². The predicted molar refractivity (Wildman–Crippen MR) is 141 cm³/mol. The fraction of sp³-hybridized carbons (Fsp3) is 0.690. The van der Waals surface area contributed by atoms with Crippen LogP contribution < -0.4 is 5.73 Å². The Balaban J connectivity index is -0.000000349. The van der Waals surface area contributed by atoms with Crippen LogP contribution in [0.1, 0.15) is 112 Å². The summed E-state index contributed by atoms with van der Waals surface area (Å²) < 4.78 is 0. The van der Waals surface area contributed by atoms with E-state index < -0.39 is 0 Å². The minimum atomic E-state index is 0.250. The van der Waals surface area contributed by atoms with Crippen LogP contribution in [0, 0.1) is 30.1 Å². The van der Waals surface area contributed by atoms with Crippen LogP contribution in [0.4, 0.5) is 0 Å². The molecule has 180 valence electrons. The second-order valence-corrected chi connectivity index (χ2v) is 8.10. The van der Waals surface area contributed by atoms with Crippen LogP contribution in [0.25, 0.3) is 0 Å². The first kappa shape index (κ1) is 33.9. The Kier molecular flexibility index (Phi) is 30.9. The van der Waals surface area contributed by atoms with E-state index in [-0.39, 0.29) is 6.41 Å². The van der Waals surface area contributed by atoms with E-state index in [0.29, 0.717) is 0 Å². The van der Waals surface area contributed by atoms with Crippen LogP contribution in [0.2, 0.25) is 0 Å². The molecule has 2 nitrogen and oxygen atoms in total. The standard InChI is InChI=1S/C11H24.C8H10.C7H10.C2H6.CH3NO/c1-4-6-8-10-11(3)9-7-5-2;1-2-8-6-4-3-5-7-8;1-3-4-7-5-6(7)2;1-2;2-1-3/h11H,4-10H2,1-3H3;3-7H,2H2,1H3;1,6-7H,4-5H2,2H3;1-2H3;1H,(H2,2,3). The van der Waals surface area contributed by atoms with E-state index in [4.69, 9.17) is 11.2 Å². The van der Waals surface area contributed by atoms with Crippen molar-refractivity contribution in [3.63, 3.8) is 0 Å². The maximum absolute atomic E-state index is 8.58. The zero-order valence-corrected chi connectivity index (χ0v) is 21.8. The van der Waals surface area contributed by atoms with Crippen LogP contribution in [-0.2, 0) is 11.2 Å². The number of rotatable bonds is 9. The van der Waals surface area contributed by atoms with Crippen molar-refractivity contribution in [2.75, 3.05) is 0 Å². The lowest BCUT2D eigenvalue weighted by Crippen LogP contribution is -1.93. The highest BCUT2D eigenvalue weighted by Crippen LogP contribution is 2.39. The molecule has 1 fully saturated rings. The van der Waals surface area contributed by atoms with Gasteiger partial charge in [0.1, 0.15) is 0 Å². The molecule has 0 radical (unpaired) electrons. The maximum atomic E-state index is 8.58. The van der Waals surface area contributed by atoms with Gasteiger partial charge in [-0.25, -0.2) is 0 Å². The van der Waals surface area contributed by atoms with Crippen LogP contribution in [0.3, 0.4) is 0 Å². The van der Waals surface area contributed by atoms with Gasteiger partial charge in [-0.05, 0) is 36.2 Å². The average Bonchev–Trinajstić information content (AvgIpc) is 3.50. The Morgan fingerprint density at radius 1 is 1.06 bits per heavy atom. The number of amides is 1. The molecule has 1 saturated carbocycles. The molecule has 31 heavy (non-hydrogen) atoms. The smallest absolute Gasteiger partial charge is 0.204 e. The zero-order chi connectivity index (χ0) is 24.3. The van der Waals surface area contributed by atoms with Gasteiger partial charge in [-0.1, -0.05) is 124 Å². The fourth-order valence-electron chi connectivity index (χ4n) is 2.99. The molecule has 1 amide bonds. The third-order valence-corrected chi connectivity index (χ3v) is 5.26. The van der Waals surface area contributed by atoms with Gasteiger partial charge in [-0.15, -0.1) is 12.3 Å². The summed E-state index contributed by atoms with van der Waals surface area (Å²) in [7, 11) is 0. The summed E-state index contributed by atoms with van der Waals surface area (Å²) in [6.45, 7) is 15.4. The van der Waals surface area contributed by atoms with Gasteiger partial charge in [-0.2, -0.15) is 0 Å². The van der Waals surface area contributed by atoms with Crippen LogP contribution >= 0.6 is 0 Å². The molecule has 0 aliphatic heterocycles. The van der Waals surface area contributed by atoms with Crippen molar-refractivity contribution in [1.82, 2.24) is 0 Å². The molecule has 3 atom stereocenters. The van der Waals surface area contributed by atoms with E-state index >= 15 is 0 Å². The molecule has 2 N–H and O–H groups in total. The molecule has 0 heterocycles. The molecule has 0 saturated heterocycles. The van der Waals surface area contributed by atoms with Gasteiger partial charge >= 0.3 is 0 Å². The average molecular weight is 432 g/mol. The number of hydrogen-bond donors (Lipinski definition) is 1. The summed E-state index contributed by atoms with van der Waals surface area (Å²) in [5, 5.41) is 0. The third-order valence-electron chi connectivity index (χ3n) is 5.26.